The SMILES string of the molecule is CC(C)N1CCC(NC(=O)CN2CCCN(Cc3ccccc3)c3ccccc32)CC1. The van der Waals surface area contributed by atoms with Crippen molar-refractivity contribution in [2.24, 2.45) is 0 Å². The number of amides is 1. The molecule has 0 aliphatic carbocycles. The minimum Gasteiger partial charge on any atom is -0.365 e. The molecule has 0 spiro atoms. The van der Waals surface area contributed by atoms with E-state index in [-0.39, 0.29) is 5.91 Å². The Labute approximate surface area is 187 Å². The molecule has 2 aliphatic rings. The summed E-state index contributed by atoms with van der Waals surface area (Å²) in [6, 6.07) is 20.1. The van der Waals surface area contributed by atoms with Crippen LogP contribution in [-0.2, 0) is 11.3 Å². The number of nitrogens with zero attached hydrogens (tertiary/aromatic N) is 3. The van der Waals surface area contributed by atoms with Crippen LogP contribution in [0.1, 0.15) is 38.7 Å². The van der Waals surface area contributed by atoms with Gasteiger partial charge in [0.05, 0.1) is 17.9 Å². The minimum atomic E-state index is 0.148. The van der Waals surface area contributed by atoms with Gasteiger partial charge >= 0.3 is 0 Å². The van der Waals surface area contributed by atoms with E-state index >= 15 is 0 Å². The highest BCUT2D eigenvalue weighted by atomic mass is 16.2. The van der Waals surface area contributed by atoms with Gasteiger partial charge in [-0.1, -0.05) is 42.5 Å². The molecule has 5 nitrogen and oxygen atoms in total. The molecule has 4 rings (SSSR count). The van der Waals surface area contributed by atoms with Gasteiger partial charge in [0.2, 0.25) is 5.91 Å². The monoisotopic (exact) mass is 420 g/mol. The predicted molar refractivity (Wildman–Crippen MR) is 129 cm³/mol. The predicted octanol–water partition coefficient (Wildman–Crippen LogP) is 3.89. The summed E-state index contributed by atoms with van der Waals surface area (Å²) in [5.41, 5.74) is 3.71. The molecule has 166 valence electrons. The number of para-hydroxylation sites is 2. The lowest BCUT2D eigenvalue weighted by molar-refractivity contribution is -0.120. The molecule has 2 heterocycles. The first-order valence-electron chi connectivity index (χ1n) is 11.8. The Kier molecular flexibility index (Phi) is 7.13. The molecule has 0 bridgehead atoms. The topological polar surface area (TPSA) is 38.8 Å². The van der Waals surface area contributed by atoms with Crippen LogP contribution in [0.15, 0.2) is 54.6 Å². The van der Waals surface area contributed by atoms with Crippen molar-refractivity contribution >= 4 is 17.3 Å². The fraction of sp³-hybridized carbons (Fsp3) is 0.500. The first-order chi connectivity index (χ1) is 15.1. The van der Waals surface area contributed by atoms with Crippen LogP contribution in [0.5, 0.6) is 0 Å². The summed E-state index contributed by atoms with van der Waals surface area (Å²) in [7, 11) is 0. The molecule has 1 N–H and O–H groups in total. The molecule has 0 radical (unpaired) electrons. The smallest absolute Gasteiger partial charge is 0.239 e. The van der Waals surface area contributed by atoms with Crippen molar-refractivity contribution in [1.82, 2.24) is 10.2 Å². The summed E-state index contributed by atoms with van der Waals surface area (Å²) in [5.74, 6) is 0.148. The van der Waals surface area contributed by atoms with Crippen LogP contribution in [0.2, 0.25) is 0 Å². The molecule has 0 atom stereocenters. The van der Waals surface area contributed by atoms with Gasteiger partial charge in [0.15, 0.2) is 0 Å². The summed E-state index contributed by atoms with van der Waals surface area (Å²) in [5, 5.41) is 3.31. The number of hydrogen-bond acceptors (Lipinski definition) is 4. The summed E-state index contributed by atoms with van der Waals surface area (Å²) in [6.45, 7) is 9.87. The van der Waals surface area contributed by atoms with Gasteiger partial charge < -0.3 is 20.0 Å². The van der Waals surface area contributed by atoms with Crippen molar-refractivity contribution in [3.63, 3.8) is 0 Å². The molecule has 2 aromatic carbocycles. The molecule has 5 heteroatoms. The van der Waals surface area contributed by atoms with E-state index in [1.54, 1.807) is 0 Å². The van der Waals surface area contributed by atoms with Crippen LogP contribution in [0.25, 0.3) is 0 Å². The molecule has 0 unspecified atom stereocenters. The van der Waals surface area contributed by atoms with E-state index in [1.807, 2.05) is 0 Å². The van der Waals surface area contributed by atoms with Crippen LogP contribution in [0, 0.1) is 0 Å². The second-order valence-corrected chi connectivity index (χ2v) is 9.14. The Morgan fingerprint density at radius 3 is 2.19 bits per heavy atom. The minimum absolute atomic E-state index is 0.148. The maximum Gasteiger partial charge on any atom is 0.239 e. The maximum atomic E-state index is 12.9. The zero-order valence-corrected chi connectivity index (χ0v) is 19.0. The van der Waals surface area contributed by atoms with Gasteiger partial charge in [0.25, 0.3) is 0 Å². The number of rotatable bonds is 6. The first kappa shape index (κ1) is 21.7. The molecule has 1 amide bonds. The quantitative estimate of drug-likeness (QED) is 0.770. The number of anilines is 2. The summed E-state index contributed by atoms with van der Waals surface area (Å²) >= 11 is 0. The summed E-state index contributed by atoms with van der Waals surface area (Å²) in [6.07, 6.45) is 3.14. The van der Waals surface area contributed by atoms with Gasteiger partial charge in [0.1, 0.15) is 0 Å². The van der Waals surface area contributed by atoms with Gasteiger partial charge in [-0.05, 0) is 50.8 Å². The lowest BCUT2D eigenvalue weighted by Gasteiger charge is -2.35. The molecule has 2 aromatic rings. The maximum absolute atomic E-state index is 12.9. The zero-order chi connectivity index (χ0) is 21.6. The average molecular weight is 421 g/mol. The number of fused-ring (bicyclic) bond motifs is 1. The Hall–Kier alpha value is -2.53. The number of carbonyl (C=O) groups excluding carboxylic acids is 1. The third-order valence-electron chi connectivity index (χ3n) is 6.59. The lowest BCUT2D eigenvalue weighted by Crippen LogP contribution is -2.48. The van der Waals surface area contributed by atoms with Crippen molar-refractivity contribution in [3.8, 4) is 0 Å². The number of benzene rings is 2. The highest BCUT2D eigenvalue weighted by Gasteiger charge is 2.25. The molecule has 1 saturated heterocycles. The van der Waals surface area contributed by atoms with E-state index in [0.717, 1.165) is 52.0 Å². The molecule has 2 aliphatic heterocycles. The Morgan fingerprint density at radius 2 is 1.52 bits per heavy atom. The van der Waals surface area contributed by atoms with Gasteiger partial charge in [-0.3, -0.25) is 4.79 Å². The van der Waals surface area contributed by atoms with E-state index in [2.05, 4.69) is 88.5 Å². The van der Waals surface area contributed by atoms with Crippen molar-refractivity contribution in [2.75, 3.05) is 42.5 Å². The molecule has 0 aromatic heterocycles. The fourth-order valence-corrected chi connectivity index (χ4v) is 4.83. The number of carbonyl (C=O) groups is 1. The molecule has 0 saturated carbocycles. The normalized spacial score (nSPS) is 18.0. The van der Waals surface area contributed by atoms with E-state index in [1.165, 1.54) is 16.9 Å². The molecule has 1 fully saturated rings. The van der Waals surface area contributed by atoms with Gasteiger partial charge in [0, 0.05) is 44.8 Å². The third-order valence-corrected chi connectivity index (χ3v) is 6.59. The van der Waals surface area contributed by atoms with E-state index in [4.69, 9.17) is 0 Å². The number of likely N-dealkylation sites (tertiary alicyclic amines) is 1. The zero-order valence-electron chi connectivity index (χ0n) is 19.0. The number of piperidine rings is 1. The van der Waals surface area contributed by atoms with Crippen molar-refractivity contribution in [1.29, 1.82) is 0 Å². The molecular formula is C26H36N4O. The Morgan fingerprint density at radius 1 is 0.903 bits per heavy atom. The van der Waals surface area contributed by atoms with E-state index in [9.17, 15) is 4.79 Å². The van der Waals surface area contributed by atoms with Crippen molar-refractivity contribution < 1.29 is 4.79 Å². The highest BCUT2D eigenvalue weighted by Crippen LogP contribution is 2.33. The van der Waals surface area contributed by atoms with E-state index < -0.39 is 0 Å². The van der Waals surface area contributed by atoms with Gasteiger partial charge in [-0.15, -0.1) is 0 Å². The van der Waals surface area contributed by atoms with Crippen LogP contribution in [-0.4, -0.2) is 55.6 Å². The van der Waals surface area contributed by atoms with Gasteiger partial charge in [-0.2, -0.15) is 0 Å². The number of hydrogen-bond donors (Lipinski definition) is 1. The Balaban J connectivity index is 1.40. The van der Waals surface area contributed by atoms with Gasteiger partial charge in [-0.25, -0.2) is 0 Å². The van der Waals surface area contributed by atoms with Crippen LogP contribution < -0.4 is 15.1 Å². The van der Waals surface area contributed by atoms with E-state index in [0.29, 0.717) is 18.6 Å². The molecular weight excluding hydrogens is 384 g/mol. The van der Waals surface area contributed by atoms with Crippen molar-refractivity contribution in [3.05, 3.63) is 60.2 Å². The first-order valence-corrected chi connectivity index (χ1v) is 11.8. The van der Waals surface area contributed by atoms with Crippen LogP contribution >= 0.6 is 0 Å². The molecule has 31 heavy (non-hydrogen) atoms. The summed E-state index contributed by atoms with van der Waals surface area (Å²) < 4.78 is 0. The fourth-order valence-electron chi connectivity index (χ4n) is 4.83. The average Bonchev–Trinajstić information content (AvgIpc) is 2.94. The van der Waals surface area contributed by atoms with Crippen LogP contribution in [0.3, 0.4) is 0 Å². The Bertz CT molecular complexity index is 845. The number of nitrogens with one attached hydrogen (secondary N) is 1. The summed E-state index contributed by atoms with van der Waals surface area (Å²) in [4.78, 5) is 20.1. The van der Waals surface area contributed by atoms with Crippen LogP contribution in [0.4, 0.5) is 11.4 Å². The standard InChI is InChI=1S/C26H36N4O/c1-21(2)28-17-13-23(14-18-28)27-26(31)20-30-16-8-15-29(19-22-9-4-3-5-10-22)24-11-6-7-12-25(24)30/h3-7,9-12,21,23H,8,13-20H2,1-2H3,(H,27,31). The van der Waals surface area contributed by atoms with Crippen molar-refractivity contribution in [2.45, 2.75) is 51.7 Å². The second kappa shape index (κ2) is 10.2. The lowest BCUT2D eigenvalue weighted by atomic mass is 10.0. The third kappa shape index (κ3) is 5.59. The highest BCUT2D eigenvalue weighted by molar-refractivity contribution is 5.84. The largest absolute Gasteiger partial charge is 0.365 e. The second-order valence-electron chi connectivity index (χ2n) is 9.14.